The van der Waals surface area contributed by atoms with Gasteiger partial charge in [-0.15, -0.1) is 0 Å². The van der Waals surface area contributed by atoms with Gasteiger partial charge >= 0.3 is 0 Å². The fraction of sp³-hybridized carbons (Fsp3) is 0.538. The van der Waals surface area contributed by atoms with Gasteiger partial charge in [-0.2, -0.15) is 0 Å². The average Bonchev–Trinajstić information content (AvgIpc) is 2.08. The van der Waals surface area contributed by atoms with Crippen LogP contribution in [0, 0.1) is 13.8 Å². The fourth-order valence-electron chi connectivity index (χ4n) is 1.67. The number of anilines is 1. The maximum Gasteiger partial charge on any atom is 0.0399 e. The van der Waals surface area contributed by atoms with Gasteiger partial charge in [-0.1, -0.05) is 19.9 Å². The summed E-state index contributed by atoms with van der Waals surface area (Å²) in [6.45, 7) is 8.85. The molecule has 0 bridgehead atoms. The van der Waals surface area contributed by atoms with Crippen molar-refractivity contribution in [2.75, 3.05) is 19.0 Å². The minimum atomic E-state index is 0.590. The van der Waals surface area contributed by atoms with E-state index in [0.717, 1.165) is 0 Å². The molecular formula is C13H21N. The minimum Gasteiger partial charge on any atom is -0.377 e. The first-order valence-corrected chi connectivity index (χ1v) is 5.22. The van der Waals surface area contributed by atoms with E-state index >= 15 is 0 Å². The van der Waals surface area contributed by atoms with Crippen molar-refractivity contribution in [1.82, 2.24) is 0 Å². The zero-order valence-electron chi connectivity index (χ0n) is 10.2. The zero-order valence-corrected chi connectivity index (χ0v) is 10.2. The second-order valence-corrected chi connectivity index (χ2v) is 4.54. The van der Waals surface area contributed by atoms with Crippen molar-refractivity contribution in [2.24, 2.45) is 0 Å². The van der Waals surface area contributed by atoms with Crippen LogP contribution in [0.1, 0.15) is 36.5 Å². The van der Waals surface area contributed by atoms with E-state index in [1.54, 1.807) is 0 Å². The molecule has 0 N–H and O–H groups in total. The molecule has 0 aliphatic rings. The Morgan fingerprint density at radius 2 is 1.50 bits per heavy atom. The summed E-state index contributed by atoms with van der Waals surface area (Å²) >= 11 is 0. The van der Waals surface area contributed by atoms with Crippen molar-refractivity contribution in [2.45, 2.75) is 33.6 Å². The molecule has 1 nitrogen and oxygen atoms in total. The molecule has 0 fully saturated rings. The van der Waals surface area contributed by atoms with E-state index in [1.807, 2.05) is 0 Å². The molecule has 0 unspecified atom stereocenters. The van der Waals surface area contributed by atoms with E-state index in [0.29, 0.717) is 5.92 Å². The molecule has 78 valence electrons. The van der Waals surface area contributed by atoms with Crippen LogP contribution < -0.4 is 4.90 Å². The van der Waals surface area contributed by atoms with Gasteiger partial charge in [0, 0.05) is 19.8 Å². The van der Waals surface area contributed by atoms with Crippen LogP contribution in [0.4, 0.5) is 5.69 Å². The van der Waals surface area contributed by atoms with E-state index in [2.05, 4.69) is 58.8 Å². The lowest BCUT2D eigenvalue weighted by Gasteiger charge is -2.21. The zero-order chi connectivity index (χ0) is 10.9. The summed E-state index contributed by atoms with van der Waals surface area (Å²) in [5.74, 6) is 0.590. The van der Waals surface area contributed by atoms with Gasteiger partial charge in [-0.05, 0) is 42.5 Å². The third kappa shape index (κ3) is 2.09. The second kappa shape index (κ2) is 4.04. The summed E-state index contributed by atoms with van der Waals surface area (Å²) in [4.78, 5) is 2.20. The van der Waals surface area contributed by atoms with Crippen LogP contribution in [0.5, 0.6) is 0 Å². The van der Waals surface area contributed by atoms with Gasteiger partial charge in [0.25, 0.3) is 0 Å². The first-order chi connectivity index (χ1) is 6.43. The van der Waals surface area contributed by atoms with E-state index in [4.69, 9.17) is 0 Å². The minimum absolute atomic E-state index is 0.590. The summed E-state index contributed by atoms with van der Waals surface area (Å²) < 4.78 is 0. The largest absolute Gasteiger partial charge is 0.377 e. The lowest BCUT2D eigenvalue weighted by Crippen LogP contribution is -2.12. The molecule has 0 aliphatic carbocycles. The van der Waals surface area contributed by atoms with Gasteiger partial charge in [0.15, 0.2) is 0 Å². The molecule has 0 saturated carbocycles. The maximum atomic E-state index is 2.31. The number of hydrogen-bond acceptors (Lipinski definition) is 1. The van der Waals surface area contributed by atoms with Crippen molar-refractivity contribution >= 4 is 5.69 Å². The van der Waals surface area contributed by atoms with Crippen LogP contribution in [0.2, 0.25) is 0 Å². The molecule has 1 rings (SSSR count). The highest BCUT2D eigenvalue weighted by molar-refractivity contribution is 5.57. The molecule has 0 radical (unpaired) electrons. The number of nitrogens with zero attached hydrogens (tertiary/aromatic N) is 1. The first-order valence-electron chi connectivity index (χ1n) is 5.22. The van der Waals surface area contributed by atoms with E-state index in [-0.39, 0.29) is 0 Å². The molecular weight excluding hydrogens is 170 g/mol. The smallest absolute Gasteiger partial charge is 0.0399 e. The number of hydrogen-bond donors (Lipinski definition) is 0. The molecule has 0 atom stereocenters. The third-order valence-electron chi connectivity index (χ3n) is 2.75. The molecule has 0 saturated heterocycles. The highest BCUT2D eigenvalue weighted by Crippen LogP contribution is 2.29. The Hall–Kier alpha value is -0.980. The van der Waals surface area contributed by atoms with Crippen LogP contribution in [0.15, 0.2) is 12.1 Å². The molecule has 0 aliphatic heterocycles. The van der Waals surface area contributed by atoms with Crippen LogP contribution in [-0.2, 0) is 0 Å². The predicted octanol–water partition coefficient (Wildman–Crippen LogP) is 3.49. The Kier molecular flexibility index (Phi) is 3.20. The van der Waals surface area contributed by atoms with Gasteiger partial charge in [-0.3, -0.25) is 0 Å². The Bertz CT molecular complexity index is 291. The number of benzene rings is 1. The fourth-order valence-corrected chi connectivity index (χ4v) is 1.67. The van der Waals surface area contributed by atoms with Crippen molar-refractivity contribution in [3.05, 3.63) is 28.8 Å². The summed E-state index contributed by atoms with van der Waals surface area (Å²) in [5, 5.41) is 0. The monoisotopic (exact) mass is 191 g/mol. The lowest BCUT2D eigenvalue weighted by atomic mass is 9.96. The second-order valence-electron chi connectivity index (χ2n) is 4.54. The predicted molar refractivity (Wildman–Crippen MR) is 64.3 cm³/mol. The van der Waals surface area contributed by atoms with Gasteiger partial charge in [0.1, 0.15) is 0 Å². The molecule has 0 heterocycles. The SMILES string of the molecule is Cc1cc(C(C)C)c(N(C)C)cc1C. The quantitative estimate of drug-likeness (QED) is 0.691. The third-order valence-corrected chi connectivity index (χ3v) is 2.75. The summed E-state index contributed by atoms with van der Waals surface area (Å²) in [6.07, 6.45) is 0. The summed E-state index contributed by atoms with van der Waals surface area (Å²) in [7, 11) is 4.21. The van der Waals surface area contributed by atoms with Gasteiger partial charge in [0.05, 0.1) is 0 Å². The van der Waals surface area contributed by atoms with Gasteiger partial charge in [-0.25, -0.2) is 0 Å². The topological polar surface area (TPSA) is 3.24 Å². The first kappa shape index (κ1) is 11.1. The summed E-state index contributed by atoms with van der Waals surface area (Å²) in [5.41, 5.74) is 5.55. The van der Waals surface area contributed by atoms with Crippen LogP contribution in [0.25, 0.3) is 0 Å². The molecule has 0 aromatic heterocycles. The number of rotatable bonds is 2. The Labute approximate surface area is 87.7 Å². The molecule has 0 amide bonds. The standard InChI is InChI=1S/C13H21N/c1-9(2)12-7-10(3)11(4)8-13(12)14(5)6/h7-9H,1-6H3. The van der Waals surface area contributed by atoms with Crippen LogP contribution in [-0.4, -0.2) is 14.1 Å². The van der Waals surface area contributed by atoms with Crippen LogP contribution >= 0.6 is 0 Å². The maximum absolute atomic E-state index is 2.31. The van der Waals surface area contributed by atoms with Gasteiger partial charge in [0.2, 0.25) is 0 Å². The van der Waals surface area contributed by atoms with E-state index < -0.39 is 0 Å². The molecule has 14 heavy (non-hydrogen) atoms. The van der Waals surface area contributed by atoms with Gasteiger partial charge < -0.3 is 4.90 Å². The Morgan fingerprint density at radius 3 is 1.93 bits per heavy atom. The van der Waals surface area contributed by atoms with E-state index in [9.17, 15) is 0 Å². The van der Waals surface area contributed by atoms with Crippen molar-refractivity contribution < 1.29 is 0 Å². The highest BCUT2D eigenvalue weighted by atomic mass is 15.1. The molecule has 1 aromatic carbocycles. The highest BCUT2D eigenvalue weighted by Gasteiger charge is 2.09. The Morgan fingerprint density at radius 1 is 1.00 bits per heavy atom. The van der Waals surface area contributed by atoms with Crippen molar-refractivity contribution in [3.63, 3.8) is 0 Å². The number of aryl methyl sites for hydroxylation is 2. The molecule has 0 spiro atoms. The molecule has 1 heteroatoms. The molecule has 1 aromatic rings. The van der Waals surface area contributed by atoms with Crippen molar-refractivity contribution in [1.29, 1.82) is 0 Å². The summed E-state index contributed by atoms with van der Waals surface area (Å²) in [6, 6.07) is 4.60. The lowest BCUT2D eigenvalue weighted by molar-refractivity contribution is 0.855. The van der Waals surface area contributed by atoms with Crippen LogP contribution in [0.3, 0.4) is 0 Å². The Balaban J connectivity index is 3.31. The van der Waals surface area contributed by atoms with Crippen molar-refractivity contribution in [3.8, 4) is 0 Å². The normalized spacial score (nSPS) is 10.8. The van der Waals surface area contributed by atoms with E-state index in [1.165, 1.54) is 22.4 Å². The average molecular weight is 191 g/mol.